The van der Waals surface area contributed by atoms with Crippen LogP contribution in [-0.4, -0.2) is 19.5 Å². The van der Waals surface area contributed by atoms with Crippen molar-refractivity contribution in [2.24, 2.45) is 14.1 Å². The lowest BCUT2D eigenvalue weighted by Crippen LogP contribution is -2.22. The topological polar surface area (TPSA) is 60.0 Å². The van der Waals surface area contributed by atoms with Crippen LogP contribution in [0.15, 0.2) is 35.3 Å². The Kier molecular flexibility index (Phi) is 2.64. The monoisotopic (exact) mass is 269 g/mol. The number of aromatic nitrogens is 3. The van der Waals surface area contributed by atoms with Crippen molar-refractivity contribution in [3.8, 4) is 16.9 Å². The van der Waals surface area contributed by atoms with Crippen LogP contribution in [0.2, 0.25) is 0 Å². The van der Waals surface area contributed by atoms with E-state index in [0.717, 1.165) is 16.5 Å². The third-order valence-electron chi connectivity index (χ3n) is 3.55. The minimum absolute atomic E-state index is 0.0514. The highest BCUT2D eigenvalue weighted by Gasteiger charge is 2.18. The lowest BCUT2D eigenvalue weighted by molar-refractivity contribution is 0.460. The number of nitrogens with zero attached hydrogens (tertiary/aromatic N) is 3. The van der Waals surface area contributed by atoms with Crippen molar-refractivity contribution in [3.05, 3.63) is 46.5 Å². The zero-order valence-corrected chi connectivity index (χ0v) is 11.6. The molecule has 0 radical (unpaired) electrons. The van der Waals surface area contributed by atoms with Gasteiger partial charge >= 0.3 is 0 Å². The van der Waals surface area contributed by atoms with Gasteiger partial charge in [-0.1, -0.05) is 18.2 Å². The summed E-state index contributed by atoms with van der Waals surface area (Å²) >= 11 is 0. The Morgan fingerprint density at radius 2 is 1.90 bits per heavy atom. The van der Waals surface area contributed by atoms with E-state index < -0.39 is 0 Å². The van der Waals surface area contributed by atoms with Crippen LogP contribution in [0.4, 0.5) is 0 Å². The lowest BCUT2D eigenvalue weighted by atomic mass is 10.1. The molecular weight excluding hydrogens is 254 g/mol. The van der Waals surface area contributed by atoms with E-state index in [1.807, 2.05) is 42.1 Å². The van der Waals surface area contributed by atoms with E-state index in [-0.39, 0.29) is 11.3 Å². The van der Waals surface area contributed by atoms with Crippen LogP contribution in [0.5, 0.6) is 5.75 Å². The fourth-order valence-corrected chi connectivity index (χ4v) is 2.55. The van der Waals surface area contributed by atoms with Crippen molar-refractivity contribution < 1.29 is 5.11 Å². The van der Waals surface area contributed by atoms with Crippen molar-refractivity contribution in [2.75, 3.05) is 0 Å². The number of aryl methyl sites for hydroxylation is 3. The molecule has 102 valence electrons. The van der Waals surface area contributed by atoms with Gasteiger partial charge in [0.15, 0.2) is 5.75 Å². The normalized spacial score (nSPS) is 11.2. The zero-order valence-electron chi connectivity index (χ0n) is 11.6. The number of rotatable bonds is 1. The molecule has 3 rings (SSSR count). The number of fused-ring (bicyclic) bond motifs is 1. The first-order valence-corrected chi connectivity index (χ1v) is 6.32. The molecule has 0 saturated carbocycles. The van der Waals surface area contributed by atoms with E-state index in [0.29, 0.717) is 11.3 Å². The molecule has 0 aliphatic heterocycles. The van der Waals surface area contributed by atoms with Gasteiger partial charge in [-0.2, -0.15) is 5.10 Å². The Bertz CT molecular complexity index is 875. The highest BCUT2D eigenvalue weighted by Crippen LogP contribution is 2.33. The predicted molar refractivity (Wildman–Crippen MR) is 77.8 cm³/mol. The maximum Gasteiger partial charge on any atom is 0.278 e. The molecule has 5 nitrogen and oxygen atoms in total. The molecule has 1 N–H and O–H groups in total. The maximum atomic E-state index is 12.3. The second kappa shape index (κ2) is 4.23. The number of benzene rings is 1. The van der Waals surface area contributed by atoms with Crippen molar-refractivity contribution in [1.82, 2.24) is 14.3 Å². The van der Waals surface area contributed by atoms with E-state index in [9.17, 15) is 9.90 Å². The van der Waals surface area contributed by atoms with E-state index in [4.69, 9.17) is 0 Å². The smallest absolute Gasteiger partial charge is 0.278 e. The Hall–Kier alpha value is -2.56. The van der Waals surface area contributed by atoms with Crippen LogP contribution in [-0.2, 0) is 14.1 Å². The third-order valence-corrected chi connectivity index (χ3v) is 3.55. The lowest BCUT2D eigenvalue weighted by Gasteiger charge is -2.07. The minimum atomic E-state index is -0.301. The summed E-state index contributed by atoms with van der Waals surface area (Å²) < 4.78 is 3.20. The molecule has 0 aliphatic rings. The molecular formula is C15H15N3O2. The van der Waals surface area contributed by atoms with Gasteiger partial charge in [0.1, 0.15) is 5.69 Å². The quantitative estimate of drug-likeness (QED) is 0.734. The van der Waals surface area contributed by atoms with Gasteiger partial charge in [0.2, 0.25) is 0 Å². The summed E-state index contributed by atoms with van der Waals surface area (Å²) in [5.74, 6) is -0.0514. The molecule has 0 amide bonds. The molecule has 0 aliphatic carbocycles. The van der Waals surface area contributed by atoms with Crippen LogP contribution in [0, 0.1) is 6.92 Å². The van der Waals surface area contributed by atoms with E-state index in [1.54, 1.807) is 14.0 Å². The average molecular weight is 269 g/mol. The van der Waals surface area contributed by atoms with E-state index in [1.165, 1.54) is 4.68 Å². The van der Waals surface area contributed by atoms with Gasteiger partial charge in [-0.15, -0.1) is 0 Å². The molecule has 2 heterocycles. The van der Waals surface area contributed by atoms with Gasteiger partial charge in [0, 0.05) is 36.8 Å². The molecule has 20 heavy (non-hydrogen) atoms. The van der Waals surface area contributed by atoms with Crippen LogP contribution < -0.4 is 5.56 Å². The maximum absolute atomic E-state index is 12.3. The first-order chi connectivity index (χ1) is 9.50. The van der Waals surface area contributed by atoms with Crippen molar-refractivity contribution in [2.45, 2.75) is 6.92 Å². The summed E-state index contributed by atoms with van der Waals surface area (Å²) in [5, 5.41) is 15.2. The van der Waals surface area contributed by atoms with Crippen LogP contribution in [0.25, 0.3) is 22.0 Å². The molecule has 0 atom stereocenters. The van der Waals surface area contributed by atoms with Gasteiger partial charge < -0.3 is 9.67 Å². The van der Waals surface area contributed by atoms with Gasteiger partial charge in [0.25, 0.3) is 5.56 Å². The second-order valence-corrected chi connectivity index (χ2v) is 4.91. The predicted octanol–water partition coefficient (Wildman–Crippen LogP) is 1.95. The highest BCUT2D eigenvalue weighted by molar-refractivity contribution is 5.97. The Labute approximate surface area is 115 Å². The second-order valence-electron chi connectivity index (χ2n) is 4.91. The minimum Gasteiger partial charge on any atom is -0.505 e. The van der Waals surface area contributed by atoms with Gasteiger partial charge in [0.05, 0.1) is 5.56 Å². The first-order valence-electron chi connectivity index (χ1n) is 6.32. The molecule has 0 spiro atoms. The van der Waals surface area contributed by atoms with Crippen molar-refractivity contribution in [3.63, 3.8) is 0 Å². The fraction of sp³-hybridized carbons (Fsp3) is 0.200. The molecule has 1 aromatic carbocycles. The Balaban J connectivity index is 2.46. The van der Waals surface area contributed by atoms with Crippen LogP contribution in [0.1, 0.15) is 5.69 Å². The van der Waals surface area contributed by atoms with Crippen molar-refractivity contribution in [1.29, 1.82) is 0 Å². The van der Waals surface area contributed by atoms with Gasteiger partial charge in [-0.25, -0.2) is 4.68 Å². The largest absolute Gasteiger partial charge is 0.505 e. The summed E-state index contributed by atoms with van der Waals surface area (Å²) in [5.41, 5.74) is 2.18. The van der Waals surface area contributed by atoms with Gasteiger partial charge in [-0.05, 0) is 13.0 Å². The molecule has 0 unspecified atom stereocenters. The number of hydrogen-bond acceptors (Lipinski definition) is 3. The van der Waals surface area contributed by atoms with Crippen LogP contribution in [0.3, 0.4) is 0 Å². The third kappa shape index (κ3) is 1.63. The molecule has 0 saturated heterocycles. The van der Waals surface area contributed by atoms with E-state index >= 15 is 0 Å². The number of aromatic hydroxyl groups is 1. The number of hydrogen-bond donors (Lipinski definition) is 1. The molecule has 5 heteroatoms. The van der Waals surface area contributed by atoms with Crippen molar-refractivity contribution >= 4 is 10.9 Å². The van der Waals surface area contributed by atoms with Crippen LogP contribution >= 0.6 is 0 Å². The summed E-state index contributed by atoms with van der Waals surface area (Å²) in [6.45, 7) is 1.68. The zero-order chi connectivity index (χ0) is 14.4. The molecule has 0 fully saturated rings. The molecule has 3 aromatic rings. The van der Waals surface area contributed by atoms with E-state index in [2.05, 4.69) is 5.10 Å². The molecule has 0 bridgehead atoms. The standard InChI is InChI=1S/C15H15N3O2/c1-9-14(19)13(15(20)18(3)16-9)11-8-17(2)12-7-5-4-6-10(11)12/h4-8,19H,1-3H3. The fourth-order valence-electron chi connectivity index (χ4n) is 2.55. The van der Waals surface area contributed by atoms with Gasteiger partial charge in [-0.3, -0.25) is 4.79 Å². The first kappa shape index (κ1) is 12.5. The Morgan fingerprint density at radius 3 is 2.65 bits per heavy atom. The molecule has 2 aromatic heterocycles. The summed E-state index contributed by atoms with van der Waals surface area (Å²) in [6.07, 6.45) is 1.86. The summed E-state index contributed by atoms with van der Waals surface area (Å²) in [4.78, 5) is 12.3. The Morgan fingerprint density at radius 1 is 1.20 bits per heavy atom. The average Bonchev–Trinajstić information content (AvgIpc) is 2.75. The highest BCUT2D eigenvalue weighted by atomic mass is 16.3. The SMILES string of the molecule is Cc1nn(C)c(=O)c(-c2cn(C)c3ccccc23)c1O. The summed E-state index contributed by atoms with van der Waals surface area (Å²) in [6, 6.07) is 7.79. The summed E-state index contributed by atoms with van der Waals surface area (Å²) in [7, 11) is 3.50. The number of para-hydroxylation sites is 1.